The van der Waals surface area contributed by atoms with Crippen molar-refractivity contribution in [2.75, 3.05) is 12.4 Å². The average molecular weight is 162 g/mol. The van der Waals surface area contributed by atoms with Gasteiger partial charge in [0.15, 0.2) is 0 Å². The number of hydrogen-bond donors (Lipinski definition) is 1. The SMILES string of the molecule is C/C=C(\C)c1cccc(NC)n1. The molecule has 1 N–H and O–H groups in total. The highest BCUT2D eigenvalue weighted by atomic mass is 15.0. The molecule has 0 aliphatic rings. The number of anilines is 1. The van der Waals surface area contributed by atoms with Gasteiger partial charge in [-0.1, -0.05) is 12.1 Å². The Hall–Kier alpha value is -1.31. The van der Waals surface area contributed by atoms with Crippen LogP contribution in [0.5, 0.6) is 0 Å². The lowest BCUT2D eigenvalue weighted by Gasteiger charge is -2.02. The lowest BCUT2D eigenvalue weighted by atomic mass is 10.2. The Morgan fingerprint density at radius 3 is 2.83 bits per heavy atom. The van der Waals surface area contributed by atoms with Gasteiger partial charge in [-0.25, -0.2) is 4.98 Å². The van der Waals surface area contributed by atoms with Gasteiger partial charge in [0.25, 0.3) is 0 Å². The van der Waals surface area contributed by atoms with Crippen LogP contribution in [0.4, 0.5) is 5.82 Å². The van der Waals surface area contributed by atoms with Gasteiger partial charge in [0.1, 0.15) is 5.82 Å². The Morgan fingerprint density at radius 2 is 2.25 bits per heavy atom. The maximum atomic E-state index is 4.38. The molecule has 0 saturated heterocycles. The van der Waals surface area contributed by atoms with Crippen molar-refractivity contribution in [2.24, 2.45) is 0 Å². The summed E-state index contributed by atoms with van der Waals surface area (Å²) >= 11 is 0. The zero-order valence-electron chi connectivity index (χ0n) is 7.76. The Bertz CT molecular complexity index is 290. The monoisotopic (exact) mass is 162 g/mol. The molecule has 1 aromatic rings. The van der Waals surface area contributed by atoms with E-state index in [1.54, 1.807) is 0 Å². The van der Waals surface area contributed by atoms with Crippen molar-refractivity contribution in [3.05, 3.63) is 30.0 Å². The van der Waals surface area contributed by atoms with E-state index in [0.717, 1.165) is 11.5 Å². The van der Waals surface area contributed by atoms with E-state index in [1.807, 2.05) is 32.2 Å². The predicted molar refractivity (Wildman–Crippen MR) is 53.1 cm³/mol. The number of pyridine rings is 1. The van der Waals surface area contributed by atoms with Crippen LogP contribution in [-0.4, -0.2) is 12.0 Å². The third kappa shape index (κ3) is 1.84. The normalized spacial score (nSPS) is 11.4. The van der Waals surface area contributed by atoms with Gasteiger partial charge in [-0.3, -0.25) is 0 Å². The maximum Gasteiger partial charge on any atom is 0.126 e. The van der Waals surface area contributed by atoms with Gasteiger partial charge in [0, 0.05) is 7.05 Å². The molecule has 0 radical (unpaired) electrons. The molecular weight excluding hydrogens is 148 g/mol. The molecular formula is C10H14N2. The predicted octanol–water partition coefficient (Wildman–Crippen LogP) is 2.55. The highest BCUT2D eigenvalue weighted by Crippen LogP contribution is 2.12. The summed E-state index contributed by atoms with van der Waals surface area (Å²) < 4.78 is 0. The minimum Gasteiger partial charge on any atom is -0.373 e. The molecule has 0 fully saturated rings. The van der Waals surface area contributed by atoms with Crippen molar-refractivity contribution in [2.45, 2.75) is 13.8 Å². The second kappa shape index (κ2) is 3.90. The molecule has 1 heterocycles. The van der Waals surface area contributed by atoms with E-state index >= 15 is 0 Å². The number of aromatic nitrogens is 1. The van der Waals surface area contributed by atoms with Gasteiger partial charge in [0.2, 0.25) is 0 Å². The molecule has 0 atom stereocenters. The van der Waals surface area contributed by atoms with E-state index in [1.165, 1.54) is 5.57 Å². The van der Waals surface area contributed by atoms with E-state index in [2.05, 4.69) is 23.3 Å². The topological polar surface area (TPSA) is 24.9 Å². The molecule has 64 valence electrons. The first kappa shape index (κ1) is 8.78. The number of nitrogens with zero attached hydrogens (tertiary/aromatic N) is 1. The molecule has 2 heteroatoms. The summed E-state index contributed by atoms with van der Waals surface area (Å²) in [6.45, 7) is 4.07. The first-order chi connectivity index (χ1) is 5.77. The fraction of sp³-hybridized carbons (Fsp3) is 0.300. The summed E-state index contributed by atoms with van der Waals surface area (Å²) in [6, 6.07) is 5.96. The zero-order valence-corrected chi connectivity index (χ0v) is 7.76. The van der Waals surface area contributed by atoms with Crippen molar-refractivity contribution < 1.29 is 0 Å². The van der Waals surface area contributed by atoms with Crippen molar-refractivity contribution in [1.29, 1.82) is 0 Å². The molecule has 0 bridgehead atoms. The molecule has 0 aliphatic heterocycles. The standard InChI is InChI=1S/C10H14N2/c1-4-8(2)9-6-5-7-10(11-3)12-9/h4-7H,1-3H3,(H,11,12)/b8-4+. The number of allylic oxidation sites excluding steroid dienone is 2. The summed E-state index contributed by atoms with van der Waals surface area (Å²) in [6.07, 6.45) is 2.06. The molecule has 12 heavy (non-hydrogen) atoms. The van der Waals surface area contributed by atoms with Crippen LogP contribution in [0, 0.1) is 0 Å². The molecule has 0 amide bonds. The first-order valence-corrected chi connectivity index (χ1v) is 4.06. The number of nitrogens with one attached hydrogen (secondary N) is 1. The smallest absolute Gasteiger partial charge is 0.126 e. The van der Waals surface area contributed by atoms with Crippen LogP contribution in [-0.2, 0) is 0 Å². The molecule has 0 unspecified atom stereocenters. The Labute approximate surface area is 73.3 Å². The molecule has 1 aromatic heterocycles. The van der Waals surface area contributed by atoms with Gasteiger partial charge in [-0.05, 0) is 31.6 Å². The van der Waals surface area contributed by atoms with Crippen molar-refractivity contribution in [3.8, 4) is 0 Å². The first-order valence-electron chi connectivity index (χ1n) is 4.06. The van der Waals surface area contributed by atoms with Crippen LogP contribution in [0.3, 0.4) is 0 Å². The van der Waals surface area contributed by atoms with E-state index in [4.69, 9.17) is 0 Å². The van der Waals surface area contributed by atoms with E-state index in [9.17, 15) is 0 Å². The second-order valence-corrected chi connectivity index (χ2v) is 2.63. The highest BCUT2D eigenvalue weighted by Gasteiger charge is 1.96. The van der Waals surface area contributed by atoms with Crippen LogP contribution in [0.2, 0.25) is 0 Å². The summed E-state index contributed by atoms with van der Waals surface area (Å²) in [5.74, 6) is 0.911. The summed E-state index contributed by atoms with van der Waals surface area (Å²) in [4.78, 5) is 4.38. The number of hydrogen-bond acceptors (Lipinski definition) is 2. The molecule has 0 saturated carbocycles. The Kier molecular flexibility index (Phi) is 2.86. The van der Waals surface area contributed by atoms with E-state index in [0.29, 0.717) is 0 Å². The summed E-state index contributed by atoms with van der Waals surface area (Å²) in [5, 5.41) is 3.01. The van der Waals surface area contributed by atoms with E-state index < -0.39 is 0 Å². The average Bonchev–Trinajstić information content (AvgIpc) is 2.17. The van der Waals surface area contributed by atoms with Gasteiger partial charge < -0.3 is 5.32 Å². The summed E-state index contributed by atoms with van der Waals surface area (Å²) in [5.41, 5.74) is 2.23. The van der Waals surface area contributed by atoms with Gasteiger partial charge in [0.05, 0.1) is 5.69 Å². The maximum absolute atomic E-state index is 4.38. The Morgan fingerprint density at radius 1 is 1.50 bits per heavy atom. The van der Waals surface area contributed by atoms with Crippen LogP contribution < -0.4 is 5.32 Å². The highest BCUT2D eigenvalue weighted by molar-refractivity contribution is 5.61. The van der Waals surface area contributed by atoms with Gasteiger partial charge >= 0.3 is 0 Å². The van der Waals surface area contributed by atoms with Crippen LogP contribution in [0.15, 0.2) is 24.3 Å². The molecule has 0 aromatic carbocycles. The van der Waals surface area contributed by atoms with Crippen molar-refractivity contribution >= 4 is 11.4 Å². The van der Waals surface area contributed by atoms with Crippen LogP contribution in [0.1, 0.15) is 19.5 Å². The second-order valence-electron chi connectivity index (χ2n) is 2.63. The lowest BCUT2D eigenvalue weighted by Crippen LogP contribution is -1.94. The number of rotatable bonds is 2. The van der Waals surface area contributed by atoms with Crippen molar-refractivity contribution in [3.63, 3.8) is 0 Å². The largest absolute Gasteiger partial charge is 0.373 e. The van der Waals surface area contributed by atoms with E-state index in [-0.39, 0.29) is 0 Å². The Balaban J connectivity index is 3.02. The van der Waals surface area contributed by atoms with Crippen molar-refractivity contribution in [1.82, 2.24) is 4.98 Å². The minimum atomic E-state index is 0.911. The quantitative estimate of drug-likeness (QED) is 0.722. The molecule has 2 nitrogen and oxygen atoms in total. The lowest BCUT2D eigenvalue weighted by molar-refractivity contribution is 1.24. The third-order valence-electron chi connectivity index (χ3n) is 1.84. The van der Waals surface area contributed by atoms with Crippen LogP contribution in [0.25, 0.3) is 5.57 Å². The van der Waals surface area contributed by atoms with Gasteiger partial charge in [-0.15, -0.1) is 0 Å². The summed E-state index contributed by atoms with van der Waals surface area (Å²) in [7, 11) is 1.87. The molecule has 1 rings (SSSR count). The fourth-order valence-electron chi connectivity index (χ4n) is 0.941. The van der Waals surface area contributed by atoms with Gasteiger partial charge in [-0.2, -0.15) is 0 Å². The molecule has 0 aliphatic carbocycles. The fourth-order valence-corrected chi connectivity index (χ4v) is 0.941. The zero-order chi connectivity index (χ0) is 8.97. The third-order valence-corrected chi connectivity index (χ3v) is 1.84. The van der Waals surface area contributed by atoms with Crippen LogP contribution >= 0.6 is 0 Å². The minimum absolute atomic E-state index is 0.911. The molecule has 0 spiro atoms.